The average molecular weight is 726 g/mol. The van der Waals surface area contributed by atoms with Crippen LogP contribution < -0.4 is 10.6 Å². The minimum absolute atomic E-state index is 0.00514. The normalized spacial score (nSPS) is 17.0. The number of carbonyl (C=O) groups excluding carboxylic acids is 1. The third-order valence-corrected chi connectivity index (χ3v) is 9.86. The van der Waals surface area contributed by atoms with E-state index >= 15 is 0 Å². The Hall–Kier alpha value is -4.79. The van der Waals surface area contributed by atoms with Crippen LogP contribution in [0.1, 0.15) is 53.7 Å². The lowest BCUT2D eigenvalue weighted by Crippen LogP contribution is -2.40. The zero-order valence-corrected chi connectivity index (χ0v) is 27.7. The number of hydrogen-bond acceptors (Lipinski definition) is 8. The highest BCUT2D eigenvalue weighted by Gasteiger charge is 2.36. The zero-order chi connectivity index (χ0) is 35.2. The second-order valence-corrected chi connectivity index (χ2v) is 12.9. The van der Waals surface area contributed by atoms with Crippen LogP contribution in [0.25, 0.3) is 22.2 Å². The van der Waals surface area contributed by atoms with Gasteiger partial charge in [-0.3, -0.25) is 24.2 Å². The first-order valence-corrected chi connectivity index (χ1v) is 16.6. The van der Waals surface area contributed by atoms with E-state index in [0.29, 0.717) is 49.3 Å². The molecule has 7 rings (SSSR count). The van der Waals surface area contributed by atoms with Crippen LogP contribution in [-0.4, -0.2) is 59.7 Å². The fraction of sp³-hybridized carbons (Fsp3) is 0.294. The van der Waals surface area contributed by atoms with Gasteiger partial charge in [0.1, 0.15) is 5.52 Å². The summed E-state index contributed by atoms with van der Waals surface area (Å²) in [4.78, 5) is 38.7. The van der Waals surface area contributed by atoms with Crippen LogP contribution in [0.4, 0.5) is 30.4 Å². The van der Waals surface area contributed by atoms with Gasteiger partial charge in [0.05, 0.1) is 44.6 Å². The topological polar surface area (TPSA) is 138 Å². The molecule has 0 radical (unpaired) electrons. The molecule has 3 N–H and O–H groups in total. The number of anilines is 3. The number of carbonyl (C=O) groups is 2. The molecule has 16 heteroatoms. The Morgan fingerprint density at radius 3 is 2.30 bits per heavy atom. The quantitative estimate of drug-likeness (QED) is 0.153. The standard InChI is InChI=1S/C34H29Cl2F3N8O3/c35-27-19(5-1-7-21(27)41-30-29-23(9-3-13-40-29)43-33(44-30)34(37,38)39)20-6-2-8-22(28(20)36)42-31(48)24-17-26-25(10-4-14-47(26)45-24)46-15-11-18(12-16-46)32(49)50/h1-3,5-9,13,17-18,25H,4,10-12,14-16H2,(H,42,48)(H,49,50)(H,41,43,44)/t25-/m1/s1. The Morgan fingerprint density at radius 2 is 1.60 bits per heavy atom. The summed E-state index contributed by atoms with van der Waals surface area (Å²) in [6.45, 7) is 2.00. The molecule has 11 nitrogen and oxygen atoms in total. The minimum Gasteiger partial charge on any atom is -0.481 e. The van der Waals surface area contributed by atoms with Gasteiger partial charge in [0, 0.05) is 23.9 Å². The summed E-state index contributed by atoms with van der Waals surface area (Å²) in [7, 11) is 0. The number of carboxylic acid groups (broad SMARTS) is 1. The van der Waals surface area contributed by atoms with E-state index in [-0.39, 0.29) is 50.2 Å². The maximum atomic E-state index is 13.6. The van der Waals surface area contributed by atoms with Crippen molar-refractivity contribution in [3.63, 3.8) is 0 Å². The van der Waals surface area contributed by atoms with Gasteiger partial charge in [-0.1, -0.05) is 47.5 Å². The van der Waals surface area contributed by atoms with Gasteiger partial charge in [-0.05, 0) is 69.1 Å². The first-order valence-electron chi connectivity index (χ1n) is 15.9. The van der Waals surface area contributed by atoms with Gasteiger partial charge in [-0.15, -0.1) is 0 Å². The minimum atomic E-state index is -4.79. The van der Waals surface area contributed by atoms with Gasteiger partial charge < -0.3 is 15.7 Å². The number of halogens is 5. The second kappa shape index (κ2) is 13.5. The molecule has 0 spiro atoms. The number of piperidine rings is 1. The van der Waals surface area contributed by atoms with E-state index in [0.717, 1.165) is 18.5 Å². The molecule has 2 aliphatic rings. The number of aromatic nitrogens is 5. The first-order chi connectivity index (χ1) is 24.0. The van der Waals surface area contributed by atoms with Gasteiger partial charge in [0.2, 0.25) is 5.82 Å². The summed E-state index contributed by atoms with van der Waals surface area (Å²) >= 11 is 13.7. The van der Waals surface area contributed by atoms with Gasteiger partial charge in [-0.25, -0.2) is 9.97 Å². The van der Waals surface area contributed by atoms with Gasteiger partial charge >= 0.3 is 12.1 Å². The number of nitrogens with zero attached hydrogens (tertiary/aromatic N) is 6. The number of aliphatic carboxylic acids is 1. The third-order valence-electron chi connectivity index (χ3n) is 9.05. The third kappa shape index (κ3) is 6.57. The van der Waals surface area contributed by atoms with Crippen LogP contribution >= 0.6 is 23.2 Å². The number of benzene rings is 2. The Labute approximate surface area is 293 Å². The van der Waals surface area contributed by atoms with Crippen molar-refractivity contribution in [3.05, 3.63) is 88.1 Å². The number of fused-ring (bicyclic) bond motifs is 2. The molecule has 5 heterocycles. The van der Waals surface area contributed by atoms with E-state index in [1.54, 1.807) is 42.5 Å². The molecule has 1 saturated heterocycles. The molecule has 1 amide bonds. The highest BCUT2D eigenvalue weighted by molar-refractivity contribution is 6.39. The van der Waals surface area contributed by atoms with E-state index in [9.17, 15) is 27.9 Å². The highest BCUT2D eigenvalue weighted by atomic mass is 35.5. The molecule has 0 bridgehead atoms. The number of aryl methyl sites for hydroxylation is 1. The number of carboxylic acids is 1. The monoisotopic (exact) mass is 724 g/mol. The molecule has 50 heavy (non-hydrogen) atoms. The maximum Gasteiger partial charge on any atom is 0.451 e. The fourth-order valence-electron chi connectivity index (χ4n) is 6.57. The summed E-state index contributed by atoms with van der Waals surface area (Å²) < 4.78 is 42.6. The zero-order valence-electron chi connectivity index (χ0n) is 26.2. The summed E-state index contributed by atoms with van der Waals surface area (Å²) in [6, 6.07) is 14.7. The Morgan fingerprint density at radius 1 is 0.900 bits per heavy atom. The number of nitrogens with one attached hydrogen (secondary N) is 2. The molecular weight excluding hydrogens is 696 g/mol. The van der Waals surface area contributed by atoms with Crippen LogP contribution in [0.5, 0.6) is 0 Å². The van der Waals surface area contributed by atoms with Gasteiger partial charge in [0.25, 0.3) is 5.91 Å². The van der Waals surface area contributed by atoms with E-state index in [4.69, 9.17) is 23.2 Å². The van der Waals surface area contributed by atoms with E-state index < -0.39 is 23.9 Å². The van der Waals surface area contributed by atoms with Crippen molar-refractivity contribution in [1.29, 1.82) is 0 Å². The Balaban J connectivity index is 1.13. The van der Waals surface area contributed by atoms with Crippen molar-refractivity contribution in [1.82, 2.24) is 29.6 Å². The molecule has 0 unspecified atom stereocenters. The number of rotatable bonds is 7. The van der Waals surface area contributed by atoms with E-state index in [2.05, 4.69) is 35.6 Å². The summed E-state index contributed by atoms with van der Waals surface area (Å²) in [5.74, 6) is -3.06. The number of likely N-dealkylation sites (tertiary alicyclic amines) is 1. The molecule has 5 aromatic rings. The Kier molecular flexibility index (Phi) is 9.09. The number of amides is 1. The summed E-state index contributed by atoms with van der Waals surface area (Å²) in [5.41, 5.74) is 2.75. The smallest absolute Gasteiger partial charge is 0.451 e. The Bertz CT molecular complexity index is 2120. The lowest BCUT2D eigenvalue weighted by molar-refractivity contribution is -0.145. The number of pyridine rings is 1. The average Bonchev–Trinajstić information content (AvgIpc) is 3.55. The summed E-state index contributed by atoms with van der Waals surface area (Å²) in [6.07, 6.45) is -0.429. The van der Waals surface area contributed by atoms with Crippen LogP contribution in [0, 0.1) is 5.92 Å². The molecule has 3 aromatic heterocycles. The second-order valence-electron chi connectivity index (χ2n) is 12.2. The van der Waals surface area contributed by atoms with Crippen LogP contribution in [0.3, 0.4) is 0 Å². The molecule has 1 fully saturated rings. The van der Waals surface area contributed by atoms with Crippen molar-refractivity contribution < 1.29 is 27.9 Å². The first kappa shape index (κ1) is 33.7. The van der Waals surface area contributed by atoms with Crippen LogP contribution in [0.15, 0.2) is 60.8 Å². The lowest BCUT2D eigenvalue weighted by Gasteiger charge is -2.38. The van der Waals surface area contributed by atoms with Crippen molar-refractivity contribution in [3.8, 4) is 11.1 Å². The van der Waals surface area contributed by atoms with Gasteiger partial charge in [-0.2, -0.15) is 18.3 Å². The molecular formula is C34H29Cl2F3N8O3. The van der Waals surface area contributed by atoms with Gasteiger partial charge in [0.15, 0.2) is 11.5 Å². The largest absolute Gasteiger partial charge is 0.481 e. The van der Waals surface area contributed by atoms with Crippen molar-refractivity contribution in [2.24, 2.45) is 5.92 Å². The molecule has 0 saturated carbocycles. The van der Waals surface area contributed by atoms with E-state index in [1.165, 1.54) is 18.3 Å². The predicted octanol–water partition coefficient (Wildman–Crippen LogP) is 7.84. The molecule has 2 aromatic carbocycles. The predicted molar refractivity (Wildman–Crippen MR) is 182 cm³/mol. The highest BCUT2D eigenvalue weighted by Crippen LogP contribution is 2.42. The van der Waals surface area contributed by atoms with E-state index in [1.807, 2.05) is 4.68 Å². The molecule has 258 valence electrons. The van der Waals surface area contributed by atoms with Crippen molar-refractivity contribution in [2.75, 3.05) is 23.7 Å². The lowest BCUT2D eigenvalue weighted by atomic mass is 9.93. The summed E-state index contributed by atoms with van der Waals surface area (Å²) in [5, 5.41) is 20.0. The van der Waals surface area contributed by atoms with Crippen LogP contribution in [-0.2, 0) is 17.5 Å². The fourth-order valence-corrected chi connectivity index (χ4v) is 7.12. The van der Waals surface area contributed by atoms with Crippen LogP contribution in [0.2, 0.25) is 10.0 Å². The molecule has 1 atom stereocenters. The number of hydrogen-bond donors (Lipinski definition) is 3. The van der Waals surface area contributed by atoms with Crippen molar-refractivity contribution in [2.45, 2.75) is 44.4 Å². The maximum absolute atomic E-state index is 13.6. The number of alkyl halides is 3. The van der Waals surface area contributed by atoms with Crippen molar-refractivity contribution >= 4 is 63.3 Å². The SMILES string of the molecule is O=C(Nc1cccc(-c2cccc(Nc3nc(C(F)(F)F)nc4cccnc34)c2Cl)c1Cl)c1cc2n(n1)CCC[C@H]2N1CCC(C(=O)O)CC1. The molecule has 0 aliphatic carbocycles. The molecule has 2 aliphatic heterocycles.